The molecule has 1 aliphatic rings. The first-order chi connectivity index (χ1) is 14.8. The lowest BCUT2D eigenvalue weighted by Gasteiger charge is -2.39. The van der Waals surface area contributed by atoms with Crippen LogP contribution in [0.3, 0.4) is 0 Å². The van der Waals surface area contributed by atoms with E-state index in [1.807, 2.05) is 0 Å². The van der Waals surface area contributed by atoms with Gasteiger partial charge >= 0.3 is 0 Å². The second kappa shape index (κ2) is 19.1. The molecular weight excluding hydrogens is 380 g/mol. The minimum absolute atomic E-state index is 0.00767. The third-order valence-corrected chi connectivity index (χ3v) is 5.88. The minimum Gasteiger partial charge on any atom is -0.370 e. The maximum absolute atomic E-state index is 6.43. The molecule has 30 heavy (non-hydrogen) atoms. The van der Waals surface area contributed by atoms with Gasteiger partial charge < -0.3 is 23.7 Å². The van der Waals surface area contributed by atoms with Crippen LogP contribution in [0.5, 0.6) is 0 Å². The average Bonchev–Trinajstić information content (AvgIpc) is 2.77. The van der Waals surface area contributed by atoms with Gasteiger partial charge in [-0.15, -0.1) is 12.3 Å². The summed E-state index contributed by atoms with van der Waals surface area (Å²) in [5, 5.41) is 0. The molecule has 0 spiro atoms. The van der Waals surface area contributed by atoms with Gasteiger partial charge in [-0.2, -0.15) is 0 Å². The zero-order valence-corrected chi connectivity index (χ0v) is 19.7. The molecule has 0 aliphatic carbocycles. The first-order valence-electron chi connectivity index (χ1n) is 12.1. The Morgan fingerprint density at radius 1 is 0.900 bits per heavy atom. The summed E-state index contributed by atoms with van der Waals surface area (Å²) in [6, 6.07) is 0. The zero-order chi connectivity index (χ0) is 21.9. The maximum atomic E-state index is 6.43. The van der Waals surface area contributed by atoms with E-state index in [-0.39, 0.29) is 31.2 Å². The van der Waals surface area contributed by atoms with Crippen molar-refractivity contribution >= 4 is 0 Å². The van der Waals surface area contributed by atoms with Gasteiger partial charge in [0.25, 0.3) is 0 Å². The highest BCUT2D eigenvalue weighted by Gasteiger charge is 2.35. The van der Waals surface area contributed by atoms with Crippen molar-refractivity contribution in [3.8, 4) is 12.3 Å². The Bertz CT molecular complexity index is 422. The summed E-state index contributed by atoms with van der Waals surface area (Å²) in [6.45, 7) is 2.81. The van der Waals surface area contributed by atoms with E-state index in [0.717, 1.165) is 19.3 Å². The average molecular weight is 427 g/mol. The van der Waals surface area contributed by atoms with E-state index in [0.29, 0.717) is 13.2 Å². The molecule has 1 fully saturated rings. The Hall–Kier alpha value is -0.640. The fourth-order valence-corrected chi connectivity index (χ4v) is 4.17. The van der Waals surface area contributed by atoms with Crippen molar-refractivity contribution in [3.05, 3.63) is 0 Å². The molecule has 5 nitrogen and oxygen atoms in total. The van der Waals surface area contributed by atoms with Gasteiger partial charge in [-0.05, 0) is 19.3 Å². The van der Waals surface area contributed by atoms with E-state index in [9.17, 15) is 0 Å². The summed E-state index contributed by atoms with van der Waals surface area (Å²) in [7, 11) is 3.28. The second-order valence-corrected chi connectivity index (χ2v) is 8.39. The van der Waals surface area contributed by atoms with Crippen LogP contribution in [0, 0.1) is 12.3 Å². The van der Waals surface area contributed by atoms with Crippen LogP contribution in [0.15, 0.2) is 0 Å². The molecule has 0 amide bonds. The summed E-state index contributed by atoms with van der Waals surface area (Å²) < 4.78 is 28.3. The monoisotopic (exact) mass is 426 g/mol. The van der Waals surface area contributed by atoms with E-state index in [4.69, 9.17) is 30.1 Å². The van der Waals surface area contributed by atoms with Crippen molar-refractivity contribution in [1.29, 1.82) is 0 Å². The third-order valence-electron chi connectivity index (χ3n) is 5.88. The molecule has 1 aliphatic heterocycles. The fourth-order valence-electron chi connectivity index (χ4n) is 4.17. The summed E-state index contributed by atoms with van der Waals surface area (Å²) in [5.74, 6) is 2.71. The van der Waals surface area contributed by atoms with Crippen molar-refractivity contribution in [3.63, 3.8) is 0 Å². The largest absolute Gasteiger partial charge is 0.370 e. The van der Waals surface area contributed by atoms with Crippen molar-refractivity contribution in [2.45, 2.75) is 121 Å². The molecule has 4 atom stereocenters. The molecule has 1 heterocycles. The Kier molecular flexibility index (Phi) is 17.4. The van der Waals surface area contributed by atoms with Crippen LogP contribution in [0.1, 0.15) is 96.8 Å². The standard InChI is InChI=1S/C25H46O5/c1-5-7-8-9-10-11-12-13-14-15-17-24-23(29-21-27-4)18-19-25(30-24)22(16-6-2)28-20-26-3/h2,22-25H,5,7-21H2,1,3-4H3/t22-,23-,24-,25-/m1/s1. The Morgan fingerprint density at radius 2 is 1.53 bits per heavy atom. The Morgan fingerprint density at radius 3 is 2.13 bits per heavy atom. The molecule has 0 saturated carbocycles. The predicted molar refractivity (Wildman–Crippen MR) is 121 cm³/mol. The smallest absolute Gasteiger partial charge is 0.146 e. The molecule has 0 aromatic carbocycles. The molecule has 0 aromatic heterocycles. The number of hydrogen-bond acceptors (Lipinski definition) is 5. The van der Waals surface area contributed by atoms with Crippen LogP contribution >= 0.6 is 0 Å². The molecule has 0 bridgehead atoms. The van der Waals surface area contributed by atoms with Crippen molar-refractivity contribution in [2.75, 3.05) is 27.8 Å². The first kappa shape index (κ1) is 27.4. The third kappa shape index (κ3) is 12.3. The number of ether oxygens (including phenoxy) is 5. The number of methoxy groups -OCH3 is 2. The quantitative estimate of drug-likeness (QED) is 0.147. The minimum atomic E-state index is -0.131. The molecule has 0 unspecified atom stereocenters. The number of hydrogen-bond donors (Lipinski definition) is 0. The second-order valence-electron chi connectivity index (χ2n) is 8.39. The summed E-state index contributed by atoms with van der Waals surface area (Å²) >= 11 is 0. The van der Waals surface area contributed by atoms with E-state index >= 15 is 0 Å². The zero-order valence-electron chi connectivity index (χ0n) is 19.7. The highest BCUT2D eigenvalue weighted by molar-refractivity contribution is 4.93. The van der Waals surface area contributed by atoms with Crippen LogP contribution in [0.4, 0.5) is 0 Å². The Labute approximate surface area is 185 Å². The van der Waals surface area contributed by atoms with Crippen molar-refractivity contribution < 1.29 is 23.7 Å². The lowest BCUT2D eigenvalue weighted by atomic mass is 9.93. The lowest BCUT2D eigenvalue weighted by molar-refractivity contribution is -0.207. The van der Waals surface area contributed by atoms with Crippen LogP contribution in [0.2, 0.25) is 0 Å². The van der Waals surface area contributed by atoms with Crippen molar-refractivity contribution in [2.24, 2.45) is 0 Å². The SMILES string of the molecule is C#CC[C@@H](OCOC)[C@H]1CC[C@@H](OCOC)[C@@H](CCCCCCCCCCCC)O1. The highest BCUT2D eigenvalue weighted by atomic mass is 16.7. The predicted octanol–water partition coefficient (Wildman–Crippen LogP) is 5.85. The van der Waals surface area contributed by atoms with E-state index in [2.05, 4.69) is 12.8 Å². The number of unbranched alkanes of at least 4 members (excludes halogenated alkanes) is 9. The van der Waals surface area contributed by atoms with Crippen LogP contribution in [-0.4, -0.2) is 52.2 Å². The highest BCUT2D eigenvalue weighted by Crippen LogP contribution is 2.29. The van der Waals surface area contributed by atoms with Gasteiger partial charge in [-0.3, -0.25) is 0 Å². The van der Waals surface area contributed by atoms with Crippen LogP contribution < -0.4 is 0 Å². The molecule has 1 saturated heterocycles. The molecular formula is C25H46O5. The number of terminal acetylenes is 1. The van der Waals surface area contributed by atoms with Gasteiger partial charge in [-0.25, -0.2) is 0 Å². The molecule has 0 aromatic rings. The lowest BCUT2D eigenvalue weighted by Crippen LogP contribution is -2.46. The van der Waals surface area contributed by atoms with E-state index in [1.54, 1.807) is 14.2 Å². The van der Waals surface area contributed by atoms with Gasteiger partial charge in [0.15, 0.2) is 0 Å². The van der Waals surface area contributed by atoms with E-state index < -0.39 is 0 Å². The van der Waals surface area contributed by atoms with Gasteiger partial charge in [-0.1, -0.05) is 71.1 Å². The fraction of sp³-hybridized carbons (Fsp3) is 0.920. The van der Waals surface area contributed by atoms with Crippen LogP contribution in [0.25, 0.3) is 0 Å². The van der Waals surface area contributed by atoms with Crippen LogP contribution in [-0.2, 0) is 23.7 Å². The van der Waals surface area contributed by atoms with Gasteiger partial charge in [0.2, 0.25) is 0 Å². The summed E-state index contributed by atoms with van der Waals surface area (Å²) in [6.07, 6.45) is 22.2. The summed E-state index contributed by atoms with van der Waals surface area (Å²) in [5.41, 5.74) is 0. The van der Waals surface area contributed by atoms with Gasteiger partial charge in [0.05, 0.1) is 24.4 Å². The summed E-state index contributed by atoms with van der Waals surface area (Å²) in [4.78, 5) is 0. The van der Waals surface area contributed by atoms with Gasteiger partial charge in [0, 0.05) is 20.6 Å². The maximum Gasteiger partial charge on any atom is 0.146 e. The first-order valence-corrected chi connectivity index (χ1v) is 12.1. The normalized spacial score (nSPS) is 22.7. The number of rotatable bonds is 19. The van der Waals surface area contributed by atoms with E-state index in [1.165, 1.54) is 64.2 Å². The Balaban J connectivity index is 2.36. The molecule has 0 N–H and O–H groups in total. The van der Waals surface area contributed by atoms with Gasteiger partial charge in [0.1, 0.15) is 13.6 Å². The topological polar surface area (TPSA) is 46.2 Å². The molecule has 176 valence electrons. The van der Waals surface area contributed by atoms with Crippen molar-refractivity contribution in [1.82, 2.24) is 0 Å². The molecule has 5 heteroatoms. The molecule has 1 rings (SSSR count). The molecule has 0 radical (unpaired) electrons.